The van der Waals surface area contributed by atoms with Gasteiger partial charge in [0.15, 0.2) is 5.71 Å². The van der Waals surface area contributed by atoms with Crippen LogP contribution in [0.15, 0.2) is 94.4 Å². The number of anilines is 2. The Bertz CT molecular complexity index is 2440. The summed E-state index contributed by atoms with van der Waals surface area (Å²) in [6.07, 6.45) is 8.25. The molecule has 0 aromatic heterocycles. The molecule has 4 N–H and O–H groups in total. The number of likely N-dealkylation sites (N-methyl/N-ethyl adjacent to an activating group) is 1. The summed E-state index contributed by atoms with van der Waals surface area (Å²) in [7, 11) is -9.09. The molecule has 0 atom stereocenters. The second-order valence-electron chi connectivity index (χ2n) is 15.4. The van der Waals surface area contributed by atoms with Crippen molar-refractivity contribution in [2.45, 2.75) is 80.9 Å². The number of alkyl halides is 1. The average molecular weight is 960 g/mol. The van der Waals surface area contributed by atoms with Crippen molar-refractivity contribution in [1.82, 2.24) is 10.6 Å². The van der Waals surface area contributed by atoms with Gasteiger partial charge >= 0.3 is 0 Å². The van der Waals surface area contributed by atoms with Crippen molar-refractivity contribution in [2.75, 3.05) is 40.8 Å². The third-order valence-electron chi connectivity index (χ3n) is 10.7. The predicted molar refractivity (Wildman–Crippen MR) is 235 cm³/mol. The molecule has 3 amide bonds. The third kappa shape index (κ3) is 10.5. The topological polar surface area (TPSA) is 205 Å². The van der Waals surface area contributed by atoms with Gasteiger partial charge in [-0.25, -0.2) is 8.42 Å². The number of nitrogens with zero attached hydrogens (tertiary/aromatic N) is 2. The first-order valence-electron chi connectivity index (χ1n) is 19.2. The molecule has 0 bridgehead atoms. The average Bonchev–Trinajstić information content (AvgIpc) is 3.53. The quantitative estimate of drug-likeness (QED) is 0.0412. The van der Waals surface area contributed by atoms with Gasteiger partial charge in [0.2, 0.25) is 17.5 Å². The van der Waals surface area contributed by atoms with Crippen molar-refractivity contribution in [3.63, 3.8) is 0 Å². The Morgan fingerprint density at radius 3 is 2.15 bits per heavy atom. The number of hydrogen-bond acceptors (Lipinski definition) is 9. The lowest BCUT2D eigenvalue weighted by Crippen LogP contribution is -2.34. The van der Waals surface area contributed by atoms with Crippen molar-refractivity contribution in [1.29, 1.82) is 0 Å². The number of amides is 3. The van der Waals surface area contributed by atoms with Gasteiger partial charge in [0.1, 0.15) is 16.7 Å². The Balaban J connectivity index is 1.23. The van der Waals surface area contributed by atoms with E-state index in [4.69, 9.17) is 0 Å². The van der Waals surface area contributed by atoms with E-state index < -0.39 is 31.1 Å². The summed E-state index contributed by atoms with van der Waals surface area (Å²) in [5.41, 5.74) is 4.65. The maximum atomic E-state index is 12.6. The Morgan fingerprint density at radius 2 is 1.51 bits per heavy atom. The zero-order valence-corrected chi connectivity index (χ0v) is 37.5. The molecule has 0 saturated heterocycles. The molecule has 316 valence electrons. The molecule has 5 rings (SSSR count). The summed E-state index contributed by atoms with van der Waals surface area (Å²) in [5, 5.41) is 8.34. The predicted octanol–water partition coefficient (Wildman–Crippen LogP) is 5.95. The van der Waals surface area contributed by atoms with E-state index in [1.54, 1.807) is 36.4 Å². The van der Waals surface area contributed by atoms with E-state index in [-0.39, 0.29) is 40.6 Å². The fourth-order valence-corrected chi connectivity index (χ4v) is 8.83. The molecule has 14 nitrogen and oxygen atoms in total. The second kappa shape index (κ2) is 18.5. The molecule has 3 aromatic rings. The molecule has 17 heteroatoms. The summed E-state index contributed by atoms with van der Waals surface area (Å²) in [5.74, 6) is -0.554. The number of nitrogens with one attached hydrogen (secondary N) is 3. The molecular formula is C42H50IN5O9S2. The Hall–Kier alpha value is -4.43. The highest BCUT2D eigenvalue weighted by Gasteiger charge is 2.45. The minimum absolute atomic E-state index is 0.131. The number of fused-ring (bicyclic) bond motifs is 2. The highest BCUT2D eigenvalue weighted by atomic mass is 127. The number of hydrogen-bond donors (Lipinski definition) is 4. The van der Waals surface area contributed by atoms with E-state index in [0.717, 1.165) is 46.8 Å². The summed E-state index contributed by atoms with van der Waals surface area (Å²) in [6, 6.07) is 15.6. The van der Waals surface area contributed by atoms with E-state index in [1.165, 1.54) is 24.3 Å². The Labute approximate surface area is 359 Å². The smallest absolute Gasteiger partial charge is 0.294 e. The fraction of sp³-hybridized carbons (Fsp3) is 0.381. The standard InChI is InChI=1S/C42H50IN5O9S2/c1-6-47-34-20-18-30(58(52,53)54)25-32(34)41(2,3)36(47)11-10-12-37-42(4,5)33-26-31(59(55,56)57)19-21-35(33)48(37)24-9-7-8-13-38(49)44-22-23-45-40(51)28-14-16-29(17-15-28)46-39(50)27-43/h10-12,14-21,25-26H,6-9,13,22-24,27H2,1-5H3,(H4-,44,45,46,49,50,51,52,53,54,55,56,57). The van der Waals surface area contributed by atoms with Crippen LogP contribution in [0.2, 0.25) is 0 Å². The molecular weight excluding hydrogens is 910 g/mol. The van der Waals surface area contributed by atoms with Crippen molar-refractivity contribution < 1.29 is 44.9 Å². The number of halogens is 1. The van der Waals surface area contributed by atoms with E-state index in [1.807, 2.05) is 75.4 Å². The summed E-state index contributed by atoms with van der Waals surface area (Å²) in [4.78, 5) is 38.3. The lowest BCUT2D eigenvalue weighted by atomic mass is 9.81. The van der Waals surface area contributed by atoms with Gasteiger partial charge in [-0.1, -0.05) is 42.5 Å². The van der Waals surface area contributed by atoms with Gasteiger partial charge in [0.05, 0.1) is 19.6 Å². The van der Waals surface area contributed by atoms with Crippen molar-refractivity contribution in [3.05, 3.63) is 101 Å². The lowest BCUT2D eigenvalue weighted by molar-refractivity contribution is -0.438. The summed E-state index contributed by atoms with van der Waals surface area (Å²) >= 11 is 1.97. The van der Waals surface area contributed by atoms with Crippen LogP contribution in [0.25, 0.3) is 0 Å². The monoisotopic (exact) mass is 959 g/mol. The summed E-state index contributed by atoms with van der Waals surface area (Å²) < 4.78 is 72.1. The first-order valence-corrected chi connectivity index (χ1v) is 23.6. The molecule has 0 saturated carbocycles. The number of carbonyl (C=O) groups excluding carboxylic acids is 3. The maximum Gasteiger partial charge on any atom is 0.294 e. The van der Waals surface area contributed by atoms with Gasteiger partial charge in [-0.3, -0.25) is 18.9 Å². The van der Waals surface area contributed by atoms with E-state index in [9.17, 15) is 40.3 Å². The SMILES string of the molecule is CCN1/C(=C/C=C/C2=[N+](CCCCCC(=O)NCCNC(=O)c3ccc(NC(=O)CI)cc3)c3ccc(S(=O)(=O)O)cc3C2(C)C)C(C)(C)c2cc(S(=O)(=O)[O-])ccc21. The van der Waals surface area contributed by atoms with Crippen LogP contribution in [0.3, 0.4) is 0 Å². The maximum absolute atomic E-state index is 12.6. The van der Waals surface area contributed by atoms with Crippen LogP contribution < -0.4 is 20.9 Å². The van der Waals surface area contributed by atoms with Crippen molar-refractivity contribution in [2.24, 2.45) is 0 Å². The molecule has 2 heterocycles. The van der Waals surface area contributed by atoms with Gasteiger partial charge in [-0.05, 0) is 99.8 Å². The van der Waals surface area contributed by atoms with Crippen LogP contribution in [0, 0.1) is 0 Å². The molecule has 59 heavy (non-hydrogen) atoms. The second-order valence-corrected chi connectivity index (χ2v) is 19.0. The van der Waals surface area contributed by atoms with E-state index in [0.29, 0.717) is 41.6 Å². The lowest BCUT2D eigenvalue weighted by Gasteiger charge is -2.25. The number of benzene rings is 3. The fourth-order valence-electron chi connectivity index (χ4n) is 7.64. The number of rotatable bonds is 17. The summed E-state index contributed by atoms with van der Waals surface area (Å²) in [6.45, 7) is 11.6. The molecule has 3 aromatic carbocycles. The van der Waals surface area contributed by atoms with Crippen LogP contribution in [-0.4, -0.2) is 84.6 Å². The normalized spacial score (nSPS) is 16.3. The van der Waals surface area contributed by atoms with Gasteiger partial charge in [0.25, 0.3) is 16.0 Å². The minimum Gasteiger partial charge on any atom is -0.744 e. The highest BCUT2D eigenvalue weighted by molar-refractivity contribution is 14.1. The molecule has 0 unspecified atom stereocenters. The van der Waals surface area contributed by atoms with Crippen LogP contribution in [0.4, 0.5) is 17.1 Å². The zero-order chi connectivity index (χ0) is 43.3. The van der Waals surface area contributed by atoms with Gasteiger partial charge in [-0.2, -0.15) is 13.0 Å². The Kier molecular flexibility index (Phi) is 14.3. The molecule has 0 radical (unpaired) electrons. The molecule has 2 aliphatic rings. The van der Waals surface area contributed by atoms with Crippen molar-refractivity contribution >= 4 is 83.3 Å². The van der Waals surface area contributed by atoms with E-state index in [2.05, 4.69) is 25.4 Å². The van der Waals surface area contributed by atoms with Crippen LogP contribution >= 0.6 is 22.6 Å². The molecule has 0 spiro atoms. The van der Waals surface area contributed by atoms with Crippen LogP contribution in [-0.2, 0) is 40.7 Å². The third-order valence-corrected chi connectivity index (χ3v) is 13.1. The minimum atomic E-state index is -4.64. The first-order chi connectivity index (χ1) is 27.7. The number of unbranched alkanes of at least 4 members (excludes halogenated alkanes) is 2. The van der Waals surface area contributed by atoms with Crippen molar-refractivity contribution in [3.8, 4) is 0 Å². The largest absolute Gasteiger partial charge is 0.744 e. The van der Waals surface area contributed by atoms with Gasteiger partial charge in [0, 0.05) is 78.2 Å². The molecule has 0 aliphatic carbocycles. The molecule has 0 fully saturated rings. The van der Waals surface area contributed by atoms with E-state index >= 15 is 0 Å². The first kappa shape index (κ1) is 45.7. The Morgan fingerprint density at radius 1 is 0.847 bits per heavy atom. The van der Waals surface area contributed by atoms with Gasteiger partial charge in [-0.15, -0.1) is 0 Å². The number of carbonyl (C=O) groups is 3. The highest BCUT2D eigenvalue weighted by Crippen LogP contribution is 2.48. The number of allylic oxidation sites excluding steroid dienone is 4. The van der Waals surface area contributed by atoms with Crippen LogP contribution in [0.1, 0.15) is 81.8 Å². The molecule has 2 aliphatic heterocycles. The van der Waals surface area contributed by atoms with Gasteiger partial charge < -0.3 is 25.4 Å². The van der Waals surface area contributed by atoms with Crippen LogP contribution in [0.5, 0.6) is 0 Å². The zero-order valence-electron chi connectivity index (χ0n) is 33.7.